The van der Waals surface area contributed by atoms with Crippen LogP contribution in [0, 0.1) is 6.92 Å². The lowest BCUT2D eigenvalue weighted by Gasteiger charge is -2.24. The number of hydrogen-bond donors (Lipinski definition) is 1. The highest BCUT2D eigenvalue weighted by molar-refractivity contribution is 7.89. The van der Waals surface area contributed by atoms with E-state index in [-0.39, 0.29) is 23.1 Å². The molecule has 0 radical (unpaired) electrons. The third-order valence-electron chi connectivity index (χ3n) is 3.12. The summed E-state index contributed by atoms with van der Waals surface area (Å²) in [6.07, 6.45) is 0. The first-order valence-electron chi connectivity index (χ1n) is 6.02. The van der Waals surface area contributed by atoms with Crippen molar-refractivity contribution in [2.75, 3.05) is 20.8 Å². The van der Waals surface area contributed by atoms with Crippen LogP contribution in [0.1, 0.15) is 22.8 Å². The van der Waals surface area contributed by atoms with E-state index in [1.165, 1.54) is 36.7 Å². The van der Waals surface area contributed by atoms with Crippen LogP contribution in [0.4, 0.5) is 0 Å². The van der Waals surface area contributed by atoms with Crippen molar-refractivity contribution >= 4 is 16.0 Å². The molecule has 0 bridgehead atoms. The zero-order chi connectivity index (χ0) is 15.5. The van der Waals surface area contributed by atoms with Gasteiger partial charge in [-0.05, 0) is 31.5 Å². The Morgan fingerprint density at radius 1 is 1.45 bits per heavy atom. The zero-order valence-corrected chi connectivity index (χ0v) is 12.8. The van der Waals surface area contributed by atoms with Gasteiger partial charge in [0, 0.05) is 20.2 Å². The van der Waals surface area contributed by atoms with E-state index in [2.05, 4.69) is 0 Å². The van der Waals surface area contributed by atoms with E-state index in [9.17, 15) is 13.2 Å². The number of rotatable bonds is 6. The molecular formula is C13H19NO5S. The summed E-state index contributed by atoms with van der Waals surface area (Å²) in [6.45, 7) is 3.61. The Hall–Kier alpha value is -1.44. The van der Waals surface area contributed by atoms with Crippen molar-refractivity contribution in [1.29, 1.82) is 0 Å². The van der Waals surface area contributed by atoms with Gasteiger partial charge in [-0.2, -0.15) is 4.31 Å². The van der Waals surface area contributed by atoms with Gasteiger partial charge in [-0.3, -0.25) is 0 Å². The molecule has 0 aliphatic rings. The Morgan fingerprint density at radius 2 is 2.05 bits per heavy atom. The van der Waals surface area contributed by atoms with Crippen LogP contribution in [-0.4, -0.2) is 50.6 Å². The minimum atomic E-state index is -3.76. The van der Waals surface area contributed by atoms with E-state index >= 15 is 0 Å². The lowest BCUT2D eigenvalue weighted by atomic mass is 10.1. The van der Waals surface area contributed by atoms with E-state index in [0.29, 0.717) is 5.56 Å². The van der Waals surface area contributed by atoms with Crippen LogP contribution in [0.5, 0.6) is 0 Å². The highest BCUT2D eigenvalue weighted by Gasteiger charge is 2.27. The predicted molar refractivity (Wildman–Crippen MR) is 74.4 cm³/mol. The van der Waals surface area contributed by atoms with Crippen LogP contribution in [0.3, 0.4) is 0 Å². The first-order valence-corrected chi connectivity index (χ1v) is 7.46. The van der Waals surface area contributed by atoms with Crippen LogP contribution >= 0.6 is 0 Å². The SMILES string of the molecule is COCC(C)N(C)S(=O)(=O)c1cc(C(=O)O)ccc1C. The number of sulfonamides is 1. The number of methoxy groups -OCH3 is 1. The fraction of sp³-hybridized carbons (Fsp3) is 0.462. The maximum Gasteiger partial charge on any atom is 0.335 e. The highest BCUT2D eigenvalue weighted by atomic mass is 32.2. The summed E-state index contributed by atoms with van der Waals surface area (Å²) >= 11 is 0. The smallest absolute Gasteiger partial charge is 0.335 e. The van der Waals surface area contributed by atoms with Crippen molar-refractivity contribution in [1.82, 2.24) is 4.31 Å². The number of ether oxygens (including phenoxy) is 1. The summed E-state index contributed by atoms with van der Waals surface area (Å²) in [5.74, 6) is -1.16. The first kappa shape index (κ1) is 16.6. The van der Waals surface area contributed by atoms with Gasteiger partial charge in [-0.1, -0.05) is 6.07 Å². The Balaban J connectivity index is 3.27. The van der Waals surface area contributed by atoms with Crippen molar-refractivity contribution in [3.05, 3.63) is 29.3 Å². The molecule has 0 aliphatic heterocycles. The molecule has 112 valence electrons. The number of hydrogen-bond acceptors (Lipinski definition) is 4. The number of carboxylic acid groups (broad SMARTS) is 1. The van der Waals surface area contributed by atoms with Gasteiger partial charge in [0.1, 0.15) is 0 Å². The van der Waals surface area contributed by atoms with Crippen LogP contribution < -0.4 is 0 Å². The van der Waals surface area contributed by atoms with Crippen LogP contribution in [-0.2, 0) is 14.8 Å². The topological polar surface area (TPSA) is 83.9 Å². The van der Waals surface area contributed by atoms with Crippen molar-refractivity contribution in [2.45, 2.75) is 24.8 Å². The molecule has 0 heterocycles. The van der Waals surface area contributed by atoms with Gasteiger partial charge in [-0.15, -0.1) is 0 Å². The molecule has 0 fully saturated rings. The van der Waals surface area contributed by atoms with E-state index in [0.717, 1.165) is 0 Å². The predicted octanol–water partition coefficient (Wildman–Crippen LogP) is 1.35. The van der Waals surface area contributed by atoms with Crippen LogP contribution in [0.15, 0.2) is 23.1 Å². The van der Waals surface area contributed by atoms with Crippen LogP contribution in [0.25, 0.3) is 0 Å². The highest BCUT2D eigenvalue weighted by Crippen LogP contribution is 2.22. The minimum absolute atomic E-state index is 0.00264. The second kappa shape index (κ2) is 6.34. The normalized spacial score (nSPS) is 13.4. The largest absolute Gasteiger partial charge is 0.478 e. The van der Waals surface area contributed by atoms with Gasteiger partial charge < -0.3 is 9.84 Å². The van der Waals surface area contributed by atoms with Crippen LogP contribution in [0.2, 0.25) is 0 Å². The zero-order valence-electron chi connectivity index (χ0n) is 12.0. The van der Waals surface area contributed by atoms with E-state index in [1.54, 1.807) is 13.8 Å². The Bertz CT molecular complexity index is 597. The van der Waals surface area contributed by atoms with Crippen molar-refractivity contribution in [3.63, 3.8) is 0 Å². The van der Waals surface area contributed by atoms with E-state index in [1.807, 2.05) is 0 Å². The number of benzene rings is 1. The Kier molecular flexibility index (Phi) is 5.27. The number of likely N-dealkylation sites (N-methyl/N-ethyl adjacent to an activating group) is 1. The first-order chi connectivity index (χ1) is 9.21. The molecule has 0 saturated heterocycles. The average Bonchev–Trinajstić information content (AvgIpc) is 2.37. The molecular weight excluding hydrogens is 282 g/mol. The number of nitrogens with zero attached hydrogens (tertiary/aromatic N) is 1. The summed E-state index contributed by atoms with van der Waals surface area (Å²) < 4.78 is 31.2. The second-order valence-corrected chi connectivity index (χ2v) is 6.58. The standard InChI is InChI=1S/C13H19NO5S/c1-9-5-6-11(13(15)16)7-12(9)20(17,18)14(3)10(2)8-19-4/h5-7,10H,8H2,1-4H3,(H,15,16). The number of aryl methyl sites for hydroxylation is 1. The van der Waals surface area contributed by atoms with Gasteiger partial charge >= 0.3 is 5.97 Å². The van der Waals surface area contributed by atoms with Gasteiger partial charge in [0.2, 0.25) is 10.0 Å². The second-order valence-electron chi connectivity index (χ2n) is 4.61. The van der Waals surface area contributed by atoms with Crippen molar-refractivity contribution in [2.24, 2.45) is 0 Å². The van der Waals surface area contributed by atoms with E-state index < -0.39 is 16.0 Å². The molecule has 1 atom stereocenters. The summed E-state index contributed by atoms with van der Waals surface area (Å²) in [4.78, 5) is 11.0. The molecule has 0 aliphatic carbocycles. The third-order valence-corrected chi connectivity index (χ3v) is 5.23. The summed E-state index contributed by atoms with van der Waals surface area (Å²) in [7, 11) is -0.813. The average molecular weight is 301 g/mol. The molecule has 0 amide bonds. The van der Waals surface area contributed by atoms with Gasteiger partial charge in [0.25, 0.3) is 0 Å². The minimum Gasteiger partial charge on any atom is -0.478 e. The van der Waals surface area contributed by atoms with Crippen molar-refractivity contribution < 1.29 is 23.1 Å². The fourth-order valence-electron chi connectivity index (χ4n) is 1.75. The lowest BCUT2D eigenvalue weighted by molar-refractivity contribution is 0.0696. The van der Waals surface area contributed by atoms with Gasteiger partial charge in [0.15, 0.2) is 0 Å². The molecule has 0 saturated carbocycles. The number of carbonyl (C=O) groups is 1. The molecule has 20 heavy (non-hydrogen) atoms. The third kappa shape index (κ3) is 3.36. The maximum absolute atomic E-state index is 12.5. The molecule has 1 rings (SSSR count). The monoisotopic (exact) mass is 301 g/mol. The number of carboxylic acids is 1. The molecule has 7 heteroatoms. The molecule has 1 aromatic carbocycles. The van der Waals surface area contributed by atoms with Gasteiger partial charge in [0.05, 0.1) is 17.1 Å². The quantitative estimate of drug-likeness (QED) is 0.857. The van der Waals surface area contributed by atoms with Gasteiger partial charge in [-0.25, -0.2) is 13.2 Å². The maximum atomic E-state index is 12.5. The lowest BCUT2D eigenvalue weighted by Crippen LogP contribution is -2.38. The molecule has 1 unspecified atom stereocenters. The molecule has 0 spiro atoms. The van der Waals surface area contributed by atoms with Crippen molar-refractivity contribution in [3.8, 4) is 0 Å². The summed E-state index contributed by atoms with van der Waals surface area (Å²) in [5.41, 5.74) is 0.452. The fourth-order valence-corrected chi connectivity index (χ4v) is 3.34. The molecule has 6 nitrogen and oxygen atoms in total. The number of aromatic carboxylic acids is 1. The molecule has 0 aromatic heterocycles. The van der Waals surface area contributed by atoms with E-state index in [4.69, 9.17) is 9.84 Å². The molecule has 1 N–H and O–H groups in total. The Morgan fingerprint density at radius 3 is 2.55 bits per heavy atom. The molecule has 1 aromatic rings. The summed E-state index contributed by atoms with van der Waals surface area (Å²) in [5, 5.41) is 8.97. The Labute approximate surface area is 119 Å². The summed E-state index contributed by atoms with van der Waals surface area (Å²) in [6, 6.07) is 3.71.